The zero-order valence-electron chi connectivity index (χ0n) is 19.9. The maximum Gasteiger partial charge on any atom is 0.416 e. The molecule has 4 aromatic rings. The number of aromatic nitrogens is 4. The highest BCUT2D eigenvalue weighted by molar-refractivity contribution is 7.09. The van der Waals surface area contributed by atoms with Crippen LogP contribution < -0.4 is 0 Å². The number of thiophene rings is 1. The predicted octanol–water partition coefficient (Wildman–Crippen LogP) is 6.34. The Labute approximate surface area is 207 Å². The highest BCUT2D eigenvalue weighted by atomic mass is 32.1. The summed E-state index contributed by atoms with van der Waals surface area (Å²) >= 11 is 1.62. The van der Waals surface area contributed by atoms with Crippen molar-refractivity contribution in [3.63, 3.8) is 0 Å². The molecule has 0 saturated heterocycles. The van der Waals surface area contributed by atoms with Crippen LogP contribution in [0.25, 0.3) is 0 Å². The number of tetrazole rings is 1. The molecule has 0 radical (unpaired) electrons. The maximum absolute atomic E-state index is 13.7. The Balaban J connectivity index is 1.82. The van der Waals surface area contributed by atoms with E-state index in [2.05, 4.69) is 32.6 Å². The summed E-state index contributed by atoms with van der Waals surface area (Å²) in [5.74, 6) is 0.515. The van der Waals surface area contributed by atoms with Crippen molar-refractivity contribution in [3.05, 3.63) is 99.5 Å². The molecule has 35 heavy (non-hydrogen) atoms. The molecule has 0 unspecified atom stereocenters. The minimum atomic E-state index is -4.45. The summed E-state index contributed by atoms with van der Waals surface area (Å²) in [5.41, 5.74) is 0.521. The molecule has 2 aromatic heterocycles. The van der Waals surface area contributed by atoms with Gasteiger partial charge in [-0.25, -0.2) is 4.68 Å². The number of alkyl halides is 3. The third-order valence-electron chi connectivity index (χ3n) is 5.74. The molecule has 0 aliphatic rings. The van der Waals surface area contributed by atoms with Gasteiger partial charge in [-0.3, -0.25) is 4.90 Å². The van der Waals surface area contributed by atoms with E-state index < -0.39 is 23.3 Å². The molecule has 0 bridgehead atoms. The molecule has 4 rings (SSSR count). The third-order valence-corrected chi connectivity index (χ3v) is 6.60. The summed E-state index contributed by atoms with van der Waals surface area (Å²) < 4.78 is 42.7. The van der Waals surface area contributed by atoms with Crippen molar-refractivity contribution in [1.82, 2.24) is 25.1 Å². The molecule has 0 spiro atoms. The van der Waals surface area contributed by atoms with Gasteiger partial charge < -0.3 is 0 Å². The molecule has 2 aromatic carbocycles. The van der Waals surface area contributed by atoms with Crippen molar-refractivity contribution in [2.75, 3.05) is 6.54 Å². The van der Waals surface area contributed by atoms with Crippen molar-refractivity contribution in [2.24, 2.45) is 0 Å². The van der Waals surface area contributed by atoms with Gasteiger partial charge in [0.05, 0.1) is 17.1 Å². The zero-order valence-corrected chi connectivity index (χ0v) is 20.7. The average Bonchev–Trinajstić information content (AvgIpc) is 3.50. The number of nitrogens with zero attached hydrogens (tertiary/aromatic N) is 5. The smallest absolute Gasteiger partial charge is 0.284 e. The monoisotopic (exact) mass is 499 g/mol. The van der Waals surface area contributed by atoms with Crippen LogP contribution in [0.3, 0.4) is 0 Å². The first-order chi connectivity index (χ1) is 16.6. The van der Waals surface area contributed by atoms with E-state index in [9.17, 15) is 13.2 Å². The summed E-state index contributed by atoms with van der Waals surface area (Å²) in [7, 11) is 0. The molecule has 0 saturated carbocycles. The average molecular weight is 500 g/mol. The Morgan fingerprint density at radius 3 is 2.40 bits per heavy atom. The number of rotatable bonds is 8. The molecule has 0 N–H and O–H groups in total. The van der Waals surface area contributed by atoms with E-state index in [1.807, 2.05) is 56.5 Å². The first-order valence-electron chi connectivity index (χ1n) is 11.4. The summed E-state index contributed by atoms with van der Waals surface area (Å²) in [5, 5.41) is 14.5. The fourth-order valence-electron chi connectivity index (χ4n) is 4.07. The maximum atomic E-state index is 13.7. The summed E-state index contributed by atoms with van der Waals surface area (Å²) in [6, 6.07) is 19.0. The molecule has 0 aliphatic heterocycles. The lowest BCUT2D eigenvalue weighted by molar-refractivity contribution is -0.137. The Kier molecular flexibility index (Phi) is 7.37. The third kappa shape index (κ3) is 6.15. The van der Waals surface area contributed by atoms with Gasteiger partial charge in [0.2, 0.25) is 0 Å². The van der Waals surface area contributed by atoms with Crippen LogP contribution in [-0.4, -0.2) is 31.7 Å². The molecule has 9 heteroatoms. The first kappa shape index (κ1) is 25.1. The molecule has 2 heterocycles. The van der Waals surface area contributed by atoms with Gasteiger partial charge in [0.1, 0.15) is 0 Å². The normalized spacial score (nSPS) is 13.3. The Bertz CT molecular complexity index is 1210. The van der Waals surface area contributed by atoms with Crippen molar-refractivity contribution in [2.45, 2.75) is 51.5 Å². The number of benzene rings is 2. The van der Waals surface area contributed by atoms with Crippen LogP contribution in [0, 0.1) is 0 Å². The molecule has 0 fully saturated rings. The van der Waals surface area contributed by atoms with E-state index in [-0.39, 0.29) is 0 Å². The van der Waals surface area contributed by atoms with Crippen LogP contribution in [0.2, 0.25) is 0 Å². The van der Waals surface area contributed by atoms with E-state index >= 15 is 0 Å². The topological polar surface area (TPSA) is 46.8 Å². The minimum Gasteiger partial charge on any atom is -0.284 e. The lowest BCUT2D eigenvalue weighted by Crippen LogP contribution is -2.36. The number of hydrogen-bond acceptors (Lipinski definition) is 5. The van der Waals surface area contributed by atoms with Crippen molar-refractivity contribution < 1.29 is 13.2 Å². The number of halogens is 3. The highest BCUT2D eigenvalue weighted by Gasteiger charge is 2.35. The summed E-state index contributed by atoms with van der Waals surface area (Å²) in [6.07, 6.45) is -3.71. The number of hydrogen-bond donors (Lipinski definition) is 0. The second-order valence-electron chi connectivity index (χ2n) is 9.43. The molecular formula is C26H28F3N5S. The lowest BCUT2D eigenvalue weighted by Gasteiger charge is -2.33. The van der Waals surface area contributed by atoms with Crippen LogP contribution in [-0.2, 0) is 24.7 Å². The SMILES string of the molecule is CC(C)(C)n1nnnc1[C@H](c1cccc(C(F)(F)F)c1)N(CCc1ccccc1)Cc1cccs1. The van der Waals surface area contributed by atoms with E-state index in [4.69, 9.17) is 0 Å². The predicted molar refractivity (Wildman–Crippen MR) is 131 cm³/mol. The second kappa shape index (κ2) is 10.3. The van der Waals surface area contributed by atoms with Crippen LogP contribution in [0.15, 0.2) is 72.1 Å². The van der Waals surface area contributed by atoms with Gasteiger partial charge in [-0.2, -0.15) is 13.2 Å². The molecule has 5 nitrogen and oxygen atoms in total. The van der Waals surface area contributed by atoms with Gasteiger partial charge in [0, 0.05) is 18.0 Å². The van der Waals surface area contributed by atoms with Crippen LogP contribution >= 0.6 is 11.3 Å². The van der Waals surface area contributed by atoms with Gasteiger partial charge in [0.25, 0.3) is 0 Å². The highest BCUT2D eigenvalue weighted by Crippen LogP contribution is 2.36. The Morgan fingerprint density at radius 1 is 0.971 bits per heavy atom. The van der Waals surface area contributed by atoms with Crippen LogP contribution in [0.5, 0.6) is 0 Å². The summed E-state index contributed by atoms with van der Waals surface area (Å²) in [4.78, 5) is 3.28. The lowest BCUT2D eigenvalue weighted by atomic mass is 9.99. The van der Waals surface area contributed by atoms with Crippen LogP contribution in [0.4, 0.5) is 13.2 Å². The molecule has 1 atom stereocenters. The second-order valence-corrected chi connectivity index (χ2v) is 10.5. The van der Waals surface area contributed by atoms with Gasteiger partial charge in [0.15, 0.2) is 5.82 Å². The largest absolute Gasteiger partial charge is 0.416 e. The quantitative estimate of drug-likeness (QED) is 0.284. The summed E-state index contributed by atoms with van der Waals surface area (Å²) in [6.45, 7) is 7.10. The van der Waals surface area contributed by atoms with Crippen molar-refractivity contribution in [3.8, 4) is 0 Å². The van der Waals surface area contributed by atoms with Gasteiger partial charge >= 0.3 is 6.18 Å². The van der Waals surface area contributed by atoms with E-state index in [0.717, 1.165) is 22.9 Å². The standard InChI is InChI=1S/C26H28F3N5S/c1-25(2,3)34-24(30-31-32-34)23(20-11-7-12-21(17-20)26(27,28)29)33(18-22-13-8-16-35-22)15-14-19-9-5-4-6-10-19/h4-13,16-17,23H,14-15,18H2,1-3H3/t23-/m0/s1. The fraction of sp³-hybridized carbons (Fsp3) is 0.346. The van der Waals surface area contributed by atoms with E-state index in [1.54, 1.807) is 22.1 Å². The van der Waals surface area contributed by atoms with E-state index in [1.165, 1.54) is 12.1 Å². The van der Waals surface area contributed by atoms with Crippen molar-refractivity contribution in [1.29, 1.82) is 0 Å². The Morgan fingerprint density at radius 2 is 1.74 bits per heavy atom. The van der Waals surface area contributed by atoms with Gasteiger partial charge in [-0.05, 0) is 72.3 Å². The van der Waals surface area contributed by atoms with Gasteiger partial charge in [-0.1, -0.05) is 48.5 Å². The van der Waals surface area contributed by atoms with Crippen molar-refractivity contribution >= 4 is 11.3 Å². The molecule has 184 valence electrons. The fourth-order valence-corrected chi connectivity index (χ4v) is 4.80. The van der Waals surface area contributed by atoms with E-state index in [0.29, 0.717) is 24.5 Å². The zero-order chi connectivity index (χ0) is 25.1. The molecule has 0 amide bonds. The van der Waals surface area contributed by atoms with Gasteiger partial charge in [-0.15, -0.1) is 16.4 Å². The first-order valence-corrected chi connectivity index (χ1v) is 12.3. The molecule has 0 aliphatic carbocycles. The minimum absolute atomic E-state index is 0.452. The molecular weight excluding hydrogens is 471 g/mol. The van der Waals surface area contributed by atoms with Crippen LogP contribution in [0.1, 0.15) is 54.2 Å². The Hall–Kier alpha value is -3.04.